The molecule has 9 heteroatoms. The molecule has 0 saturated carbocycles. The lowest BCUT2D eigenvalue weighted by atomic mass is 10.1. The average Bonchev–Trinajstić information content (AvgIpc) is 3.56. The summed E-state index contributed by atoms with van der Waals surface area (Å²) in [7, 11) is 0. The summed E-state index contributed by atoms with van der Waals surface area (Å²) in [5.74, 6) is 0.451. The molecule has 0 unspecified atom stereocenters. The van der Waals surface area contributed by atoms with E-state index < -0.39 is 6.36 Å². The van der Waals surface area contributed by atoms with E-state index in [0.717, 1.165) is 56.3 Å². The topological polar surface area (TPSA) is 67.2 Å². The number of hydrogen-bond acceptors (Lipinski definition) is 5. The van der Waals surface area contributed by atoms with Gasteiger partial charge < -0.3 is 19.1 Å². The smallest absolute Gasteiger partial charge is 0.406 e. The van der Waals surface area contributed by atoms with Crippen molar-refractivity contribution in [2.24, 2.45) is 0 Å². The highest BCUT2D eigenvalue weighted by atomic mass is 19.4. The van der Waals surface area contributed by atoms with Crippen LogP contribution in [0.25, 0.3) is 33.7 Å². The van der Waals surface area contributed by atoms with Crippen LogP contribution in [0.3, 0.4) is 0 Å². The van der Waals surface area contributed by atoms with Gasteiger partial charge in [-0.25, -0.2) is 0 Å². The summed E-state index contributed by atoms with van der Waals surface area (Å²) in [6.07, 6.45) is 0.472. The maximum Gasteiger partial charge on any atom is 0.573 e. The molecule has 6 rings (SSSR count). The van der Waals surface area contributed by atoms with Gasteiger partial charge in [0, 0.05) is 41.3 Å². The number of anilines is 1. The molecule has 6 nitrogen and oxygen atoms in total. The minimum atomic E-state index is -4.75. The van der Waals surface area contributed by atoms with Gasteiger partial charge in [0.15, 0.2) is 0 Å². The second-order valence-corrected chi connectivity index (χ2v) is 8.54. The molecule has 1 fully saturated rings. The van der Waals surface area contributed by atoms with Gasteiger partial charge in [0.1, 0.15) is 5.75 Å². The Morgan fingerprint density at radius 1 is 1.00 bits per heavy atom. The van der Waals surface area contributed by atoms with Gasteiger partial charge >= 0.3 is 6.36 Å². The molecular weight excluding hydrogens is 433 g/mol. The molecule has 33 heavy (non-hydrogen) atoms. The van der Waals surface area contributed by atoms with Crippen LogP contribution in [0.1, 0.15) is 30.5 Å². The standard InChI is InChI=1S/C24H21F3N4O2/c25-24(26,27)32-15-7-8-17(21(13-15)31-10-1-2-11-31)23-29-22(30-33-23)14-6-9-20-18(12-14)16-4-3-5-19(16)28-20/h6-9,12-13,28H,1-5,10-11H2. The minimum absolute atomic E-state index is 0.264. The van der Waals surface area contributed by atoms with Crippen molar-refractivity contribution in [3.63, 3.8) is 0 Å². The van der Waals surface area contributed by atoms with Crippen molar-refractivity contribution in [3.05, 3.63) is 47.7 Å². The third-order valence-electron chi connectivity index (χ3n) is 6.41. The Bertz CT molecular complexity index is 1340. The summed E-state index contributed by atoms with van der Waals surface area (Å²) in [5.41, 5.74) is 5.78. The van der Waals surface area contributed by atoms with Gasteiger partial charge in [-0.05, 0) is 68.0 Å². The normalized spacial score (nSPS) is 16.0. The number of aromatic nitrogens is 3. The highest BCUT2D eigenvalue weighted by molar-refractivity contribution is 5.89. The van der Waals surface area contributed by atoms with Crippen LogP contribution in [0.5, 0.6) is 5.75 Å². The Hall–Kier alpha value is -3.49. The third kappa shape index (κ3) is 3.71. The molecule has 1 N–H and O–H groups in total. The van der Waals surface area contributed by atoms with Crippen molar-refractivity contribution < 1.29 is 22.4 Å². The fraction of sp³-hybridized carbons (Fsp3) is 0.333. The van der Waals surface area contributed by atoms with Gasteiger partial charge in [0.05, 0.1) is 11.3 Å². The number of alkyl halides is 3. The number of aryl methyl sites for hydroxylation is 2. The number of aromatic amines is 1. The maximum absolute atomic E-state index is 12.8. The molecule has 0 amide bonds. The predicted molar refractivity (Wildman–Crippen MR) is 117 cm³/mol. The predicted octanol–water partition coefficient (Wildman–Crippen LogP) is 5.87. The second kappa shape index (κ2) is 7.54. The minimum Gasteiger partial charge on any atom is -0.406 e. The van der Waals surface area contributed by atoms with Crippen molar-refractivity contribution in [3.8, 4) is 28.6 Å². The molecule has 0 atom stereocenters. The summed E-state index contributed by atoms with van der Waals surface area (Å²) in [6.45, 7) is 1.50. The number of nitrogens with zero attached hydrogens (tertiary/aromatic N) is 3. The second-order valence-electron chi connectivity index (χ2n) is 8.54. The first kappa shape index (κ1) is 20.1. The maximum atomic E-state index is 12.8. The molecule has 2 aromatic heterocycles. The number of nitrogens with one attached hydrogen (secondary N) is 1. The molecule has 4 aromatic rings. The largest absolute Gasteiger partial charge is 0.573 e. The summed E-state index contributed by atoms with van der Waals surface area (Å²) in [6, 6.07) is 10.3. The molecule has 2 aromatic carbocycles. The van der Waals surface area contributed by atoms with Crippen LogP contribution in [0.4, 0.5) is 18.9 Å². The zero-order valence-electron chi connectivity index (χ0n) is 17.7. The first-order valence-corrected chi connectivity index (χ1v) is 11.1. The number of halogens is 3. The van der Waals surface area contributed by atoms with Crippen LogP contribution >= 0.6 is 0 Å². The Labute approximate surface area is 187 Å². The number of hydrogen-bond donors (Lipinski definition) is 1. The van der Waals surface area contributed by atoms with E-state index in [1.165, 1.54) is 28.8 Å². The zero-order valence-corrected chi connectivity index (χ0v) is 17.7. The van der Waals surface area contributed by atoms with Crippen LogP contribution in [0.15, 0.2) is 40.9 Å². The number of H-pyrrole nitrogens is 1. The van der Waals surface area contributed by atoms with Crippen molar-refractivity contribution >= 4 is 16.6 Å². The molecule has 0 spiro atoms. The highest BCUT2D eigenvalue weighted by Crippen LogP contribution is 2.38. The monoisotopic (exact) mass is 454 g/mol. The van der Waals surface area contributed by atoms with Gasteiger partial charge in [0.25, 0.3) is 5.89 Å². The van der Waals surface area contributed by atoms with E-state index >= 15 is 0 Å². The summed E-state index contributed by atoms with van der Waals surface area (Å²) in [4.78, 5) is 10.1. The fourth-order valence-electron chi connectivity index (χ4n) is 4.94. The van der Waals surface area contributed by atoms with Gasteiger partial charge in [-0.15, -0.1) is 13.2 Å². The fourth-order valence-corrected chi connectivity index (χ4v) is 4.94. The quantitative estimate of drug-likeness (QED) is 0.418. The van der Waals surface area contributed by atoms with E-state index in [4.69, 9.17) is 4.52 Å². The summed E-state index contributed by atoms with van der Waals surface area (Å²) in [5, 5.41) is 5.35. The van der Waals surface area contributed by atoms with Crippen LogP contribution in [-0.4, -0.2) is 34.6 Å². The van der Waals surface area contributed by atoms with E-state index in [1.54, 1.807) is 6.07 Å². The molecule has 3 heterocycles. The molecular formula is C24H21F3N4O2. The molecule has 0 radical (unpaired) electrons. The van der Waals surface area contributed by atoms with Gasteiger partial charge in [-0.1, -0.05) is 5.16 Å². The Morgan fingerprint density at radius 2 is 1.85 bits per heavy atom. The average molecular weight is 454 g/mol. The van der Waals surface area contributed by atoms with Crippen molar-refractivity contribution in [1.82, 2.24) is 15.1 Å². The first-order valence-electron chi connectivity index (χ1n) is 11.1. The van der Waals surface area contributed by atoms with Gasteiger partial charge in [0.2, 0.25) is 5.82 Å². The lowest BCUT2D eigenvalue weighted by Crippen LogP contribution is -2.20. The van der Waals surface area contributed by atoms with Crippen molar-refractivity contribution in [2.45, 2.75) is 38.5 Å². The van der Waals surface area contributed by atoms with E-state index in [2.05, 4.69) is 25.9 Å². The lowest BCUT2D eigenvalue weighted by Gasteiger charge is -2.21. The van der Waals surface area contributed by atoms with Crippen LogP contribution < -0.4 is 9.64 Å². The van der Waals surface area contributed by atoms with E-state index in [-0.39, 0.29) is 11.6 Å². The van der Waals surface area contributed by atoms with E-state index in [1.807, 2.05) is 17.0 Å². The first-order chi connectivity index (χ1) is 15.9. The zero-order chi connectivity index (χ0) is 22.6. The van der Waals surface area contributed by atoms with Crippen LogP contribution in [0, 0.1) is 0 Å². The Morgan fingerprint density at radius 3 is 2.67 bits per heavy atom. The molecule has 170 valence electrons. The summed E-state index contributed by atoms with van der Waals surface area (Å²) >= 11 is 0. The van der Waals surface area contributed by atoms with Crippen molar-refractivity contribution in [2.75, 3.05) is 18.0 Å². The molecule has 1 aliphatic carbocycles. The molecule has 1 saturated heterocycles. The number of ether oxygens (including phenoxy) is 1. The lowest BCUT2D eigenvalue weighted by molar-refractivity contribution is -0.274. The summed E-state index contributed by atoms with van der Waals surface area (Å²) < 4.78 is 48.0. The van der Waals surface area contributed by atoms with E-state index in [0.29, 0.717) is 17.1 Å². The number of benzene rings is 2. The molecule has 1 aliphatic heterocycles. The van der Waals surface area contributed by atoms with Gasteiger partial charge in [-0.2, -0.15) is 4.98 Å². The van der Waals surface area contributed by atoms with Gasteiger partial charge in [-0.3, -0.25) is 0 Å². The van der Waals surface area contributed by atoms with E-state index in [9.17, 15) is 13.2 Å². The van der Waals surface area contributed by atoms with Crippen LogP contribution in [-0.2, 0) is 12.8 Å². The van der Waals surface area contributed by atoms with Crippen molar-refractivity contribution in [1.29, 1.82) is 0 Å². The Balaban J connectivity index is 1.38. The highest BCUT2D eigenvalue weighted by Gasteiger charge is 2.32. The number of rotatable bonds is 4. The molecule has 0 bridgehead atoms. The SMILES string of the molecule is FC(F)(F)Oc1ccc(-c2nc(-c3ccc4[nH]c5c(c4c3)CCC5)no2)c(N2CCCC2)c1. The molecule has 2 aliphatic rings. The number of fused-ring (bicyclic) bond motifs is 3. The Kier molecular flexibility index (Phi) is 4.60. The van der Waals surface area contributed by atoms with Crippen LogP contribution in [0.2, 0.25) is 0 Å². The third-order valence-corrected chi connectivity index (χ3v) is 6.41.